The number of nitrogens with zero attached hydrogens (tertiary/aromatic N) is 2. The van der Waals surface area contributed by atoms with Crippen LogP contribution in [0.25, 0.3) is 0 Å². The number of nitrogens with one attached hydrogen (secondary N) is 2. The third-order valence-corrected chi connectivity index (χ3v) is 6.82. The molecule has 0 saturated carbocycles. The van der Waals surface area contributed by atoms with Gasteiger partial charge in [-0.1, -0.05) is 36.4 Å². The summed E-state index contributed by atoms with van der Waals surface area (Å²) in [6, 6.07) is 15.8. The lowest BCUT2D eigenvalue weighted by Crippen LogP contribution is -2.38. The number of carbonyl (C=O) groups is 2. The second-order valence-electron chi connectivity index (χ2n) is 9.74. The van der Waals surface area contributed by atoms with Crippen LogP contribution >= 0.6 is 0 Å². The van der Waals surface area contributed by atoms with E-state index < -0.39 is 0 Å². The van der Waals surface area contributed by atoms with Gasteiger partial charge in [-0.15, -0.1) is 0 Å². The lowest BCUT2D eigenvalue weighted by molar-refractivity contribution is -0.122. The Balaban J connectivity index is 1.49. The third kappa shape index (κ3) is 8.84. The van der Waals surface area contributed by atoms with E-state index in [-0.39, 0.29) is 18.4 Å². The van der Waals surface area contributed by atoms with Crippen molar-refractivity contribution >= 4 is 11.8 Å². The van der Waals surface area contributed by atoms with Gasteiger partial charge in [-0.25, -0.2) is 0 Å². The van der Waals surface area contributed by atoms with E-state index in [2.05, 4.69) is 32.6 Å². The van der Waals surface area contributed by atoms with E-state index in [0.717, 1.165) is 75.4 Å². The Hall–Kier alpha value is -2.94. The number of hydrogen-bond donors (Lipinski definition) is 2. The van der Waals surface area contributed by atoms with Crippen LogP contribution in [0.5, 0.6) is 5.75 Å². The average molecular weight is 509 g/mol. The summed E-state index contributed by atoms with van der Waals surface area (Å²) in [6.07, 6.45) is 3.69. The number of fused-ring (bicyclic) bond motifs is 1. The molecule has 0 aromatic heterocycles. The van der Waals surface area contributed by atoms with Crippen LogP contribution in [0.1, 0.15) is 47.2 Å². The molecular weight excluding hydrogens is 468 g/mol. The van der Waals surface area contributed by atoms with E-state index in [4.69, 9.17) is 9.47 Å². The van der Waals surface area contributed by atoms with Crippen LogP contribution in [0.15, 0.2) is 48.5 Å². The number of benzene rings is 2. The molecule has 0 spiro atoms. The molecule has 2 amide bonds. The zero-order valence-corrected chi connectivity index (χ0v) is 21.8. The van der Waals surface area contributed by atoms with Gasteiger partial charge in [-0.2, -0.15) is 0 Å². The molecule has 2 aromatic rings. The summed E-state index contributed by atoms with van der Waals surface area (Å²) in [6.45, 7) is 7.55. The normalized spacial score (nSPS) is 18.3. The van der Waals surface area contributed by atoms with Crippen LogP contribution in [-0.2, 0) is 22.6 Å². The second kappa shape index (κ2) is 14.7. The van der Waals surface area contributed by atoms with Gasteiger partial charge in [0.2, 0.25) is 5.91 Å². The first-order chi connectivity index (χ1) is 18.2. The molecule has 2 heterocycles. The zero-order chi connectivity index (χ0) is 25.7. The minimum atomic E-state index is -0.101. The van der Waals surface area contributed by atoms with E-state index in [0.29, 0.717) is 38.3 Å². The zero-order valence-electron chi connectivity index (χ0n) is 21.8. The van der Waals surface area contributed by atoms with Crippen LogP contribution in [0, 0.1) is 0 Å². The number of rotatable bonds is 7. The number of carbonyl (C=O) groups excluding carboxylic acids is 2. The molecule has 0 atom stereocenters. The summed E-state index contributed by atoms with van der Waals surface area (Å²) in [4.78, 5) is 30.5. The molecule has 2 N–H and O–H groups in total. The van der Waals surface area contributed by atoms with Crippen LogP contribution < -0.4 is 15.4 Å². The lowest BCUT2D eigenvalue weighted by Gasteiger charge is -2.26. The summed E-state index contributed by atoms with van der Waals surface area (Å²) in [5, 5.41) is 6.15. The number of ether oxygens (including phenoxy) is 2. The number of hydrogen-bond acceptors (Lipinski definition) is 6. The van der Waals surface area contributed by atoms with Gasteiger partial charge in [-0.3, -0.25) is 19.4 Å². The maximum atomic E-state index is 13.3. The van der Waals surface area contributed by atoms with Crippen molar-refractivity contribution in [3.05, 3.63) is 65.2 Å². The van der Waals surface area contributed by atoms with E-state index in [9.17, 15) is 9.59 Å². The maximum absolute atomic E-state index is 13.3. The average Bonchev–Trinajstić information content (AvgIpc) is 2.93. The molecule has 0 radical (unpaired) electrons. The highest BCUT2D eigenvalue weighted by molar-refractivity contribution is 5.96. The van der Waals surface area contributed by atoms with Gasteiger partial charge in [0.15, 0.2) is 0 Å². The van der Waals surface area contributed by atoms with E-state index >= 15 is 0 Å². The Bertz CT molecular complexity index is 995. The van der Waals surface area contributed by atoms with Gasteiger partial charge in [-0.05, 0) is 49.9 Å². The van der Waals surface area contributed by atoms with Gasteiger partial charge < -0.3 is 20.1 Å². The van der Waals surface area contributed by atoms with Crippen LogP contribution in [0.3, 0.4) is 0 Å². The molecule has 0 bridgehead atoms. The molecule has 8 nitrogen and oxygen atoms in total. The molecule has 1 fully saturated rings. The Labute approximate surface area is 220 Å². The van der Waals surface area contributed by atoms with Gasteiger partial charge >= 0.3 is 0 Å². The first kappa shape index (κ1) is 27.1. The molecule has 2 aliphatic rings. The van der Waals surface area contributed by atoms with E-state index in [1.165, 1.54) is 0 Å². The fourth-order valence-electron chi connectivity index (χ4n) is 4.81. The highest BCUT2D eigenvalue weighted by atomic mass is 16.5. The summed E-state index contributed by atoms with van der Waals surface area (Å²) in [5.74, 6) is 0.622. The van der Waals surface area contributed by atoms with Gasteiger partial charge in [0.25, 0.3) is 5.91 Å². The fraction of sp³-hybridized carbons (Fsp3) is 0.517. The lowest BCUT2D eigenvalue weighted by atomic mass is 10.0. The summed E-state index contributed by atoms with van der Waals surface area (Å²) in [7, 11) is 0. The molecule has 4 rings (SSSR count). The van der Waals surface area contributed by atoms with Crippen molar-refractivity contribution in [1.29, 1.82) is 0 Å². The monoisotopic (exact) mass is 508 g/mol. The summed E-state index contributed by atoms with van der Waals surface area (Å²) in [5.41, 5.74) is 2.56. The van der Waals surface area contributed by atoms with Crippen LogP contribution in [0.4, 0.5) is 0 Å². The highest BCUT2D eigenvalue weighted by Gasteiger charge is 2.21. The van der Waals surface area contributed by atoms with Crippen molar-refractivity contribution in [2.45, 2.75) is 38.8 Å². The van der Waals surface area contributed by atoms with Crippen molar-refractivity contribution in [2.24, 2.45) is 0 Å². The maximum Gasteiger partial charge on any atom is 0.251 e. The smallest absolute Gasteiger partial charge is 0.251 e. The van der Waals surface area contributed by atoms with Crippen molar-refractivity contribution in [3.8, 4) is 5.75 Å². The molecule has 1 saturated heterocycles. The van der Waals surface area contributed by atoms with Crippen molar-refractivity contribution in [1.82, 2.24) is 20.4 Å². The predicted octanol–water partition coefficient (Wildman–Crippen LogP) is 2.82. The second-order valence-corrected chi connectivity index (χ2v) is 9.74. The van der Waals surface area contributed by atoms with Gasteiger partial charge in [0.05, 0.1) is 26.4 Å². The quantitative estimate of drug-likeness (QED) is 0.560. The summed E-state index contributed by atoms with van der Waals surface area (Å²) < 4.78 is 11.6. The summed E-state index contributed by atoms with van der Waals surface area (Å²) >= 11 is 0. The largest absolute Gasteiger partial charge is 0.493 e. The Morgan fingerprint density at radius 1 is 0.919 bits per heavy atom. The number of morpholine rings is 1. The van der Waals surface area contributed by atoms with Crippen molar-refractivity contribution in [3.63, 3.8) is 0 Å². The molecular formula is C29H40N4O4. The number of amides is 2. The Morgan fingerprint density at radius 3 is 2.59 bits per heavy atom. The molecule has 8 heteroatoms. The minimum absolute atomic E-state index is 0.00249. The van der Waals surface area contributed by atoms with Crippen molar-refractivity contribution in [2.75, 3.05) is 59.1 Å². The van der Waals surface area contributed by atoms with Crippen LogP contribution in [-0.4, -0.2) is 80.7 Å². The van der Waals surface area contributed by atoms with Crippen molar-refractivity contribution < 1.29 is 19.1 Å². The topological polar surface area (TPSA) is 83.1 Å². The minimum Gasteiger partial charge on any atom is -0.493 e. The third-order valence-electron chi connectivity index (χ3n) is 6.82. The fourth-order valence-corrected chi connectivity index (χ4v) is 4.81. The van der Waals surface area contributed by atoms with Gasteiger partial charge in [0.1, 0.15) is 5.75 Å². The van der Waals surface area contributed by atoms with E-state index in [1.54, 1.807) is 0 Å². The van der Waals surface area contributed by atoms with Crippen LogP contribution in [0.2, 0.25) is 0 Å². The first-order valence-electron chi connectivity index (χ1n) is 13.5. The van der Waals surface area contributed by atoms with Gasteiger partial charge in [0, 0.05) is 50.4 Å². The van der Waals surface area contributed by atoms with E-state index in [1.807, 2.05) is 36.4 Å². The molecule has 2 aliphatic heterocycles. The molecule has 0 unspecified atom stereocenters. The Kier molecular flexibility index (Phi) is 10.8. The Morgan fingerprint density at radius 2 is 1.76 bits per heavy atom. The highest BCUT2D eigenvalue weighted by Crippen LogP contribution is 2.26. The predicted molar refractivity (Wildman–Crippen MR) is 144 cm³/mol. The molecule has 37 heavy (non-hydrogen) atoms. The molecule has 200 valence electrons. The standard InChI is InChI=1S/C29H40N4O4/c34-28-23-33(21-24-9-3-1-4-10-24)22-26-25(11-7-12-27(26)37-18-6-2-5-13-30-28)29(35)31-14-8-15-32-16-19-36-20-17-32/h1,3-4,7,9-12H,2,5-6,8,13-23H2,(H,30,34)(H,31,35). The first-order valence-corrected chi connectivity index (χ1v) is 13.5. The molecule has 2 aromatic carbocycles. The SMILES string of the molecule is O=C1CN(Cc2ccccc2)Cc2c(cccc2C(=O)NCCCN2CCOCC2)OCCCCCN1. The molecule has 0 aliphatic carbocycles.